The maximum Gasteiger partial charge on any atom is 0.414 e. The van der Waals surface area contributed by atoms with Gasteiger partial charge in [0, 0.05) is 26.2 Å². The van der Waals surface area contributed by atoms with Crippen LogP contribution in [0, 0.1) is 5.82 Å². The third-order valence-corrected chi connectivity index (χ3v) is 5.55. The summed E-state index contributed by atoms with van der Waals surface area (Å²) in [6, 6.07) is 4.96. The van der Waals surface area contributed by atoms with Gasteiger partial charge in [-0.05, 0) is 40.5 Å². The highest BCUT2D eigenvalue weighted by Gasteiger charge is 2.33. The van der Waals surface area contributed by atoms with E-state index in [0.717, 1.165) is 17.4 Å². The normalized spacial score (nSPS) is 21.6. The molecule has 0 saturated carbocycles. The van der Waals surface area contributed by atoms with Crippen molar-refractivity contribution in [1.82, 2.24) is 15.1 Å². The monoisotopic (exact) mass is 465 g/mol. The lowest BCUT2D eigenvalue weighted by Gasteiger charge is -2.21. The van der Waals surface area contributed by atoms with Crippen molar-refractivity contribution in [3.8, 4) is 0 Å². The van der Waals surface area contributed by atoms with Gasteiger partial charge in [0.15, 0.2) is 0 Å². The third kappa shape index (κ3) is 4.21. The molecular formula is C19H21BrFN5O3. The van der Waals surface area contributed by atoms with E-state index in [1.165, 1.54) is 17.9 Å². The number of cyclic esters (lactones) is 1. The summed E-state index contributed by atoms with van der Waals surface area (Å²) in [7, 11) is 0. The number of amides is 2. The minimum absolute atomic E-state index is 0.184. The second-order valence-electron chi connectivity index (χ2n) is 7.22. The molecule has 2 aliphatic rings. The molecular weight excluding hydrogens is 445 g/mol. The molecule has 4 rings (SSSR count). The Morgan fingerprint density at radius 3 is 2.93 bits per heavy atom. The molecule has 2 aromatic rings. The van der Waals surface area contributed by atoms with Gasteiger partial charge in [-0.2, -0.15) is 5.10 Å². The summed E-state index contributed by atoms with van der Waals surface area (Å²) >= 11 is 3.40. The molecule has 2 saturated heterocycles. The van der Waals surface area contributed by atoms with E-state index < -0.39 is 12.2 Å². The van der Waals surface area contributed by atoms with E-state index in [0.29, 0.717) is 17.9 Å². The zero-order chi connectivity index (χ0) is 20.5. The number of anilines is 2. The summed E-state index contributed by atoms with van der Waals surface area (Å²) in [5, 5.41) is 6.94. The molecule has 2 fully saturated rings. The van der Waals surface area contributed by atoms with Gasteiger partial charge in [0.1, 0.15) is 11.9 Å². The Labute approximate surface area is 175 Å². The molecule has 2 atom stereocenters. The first kappa shape index (κ1) is 19.7. The van der Waals surface area contributed by atoms with E-state index in [2.05, 4.69) is 26.3 Å². The molecule has 2 unspecified atom stereocenters. The minimum atomic E-state index is -0.544. The number of hydrogen-bond donors (Lipinski definition) is 1. The van der Waals surface area contributed by atoms with Crippen molar-refractivity contribution < 1.29 is 18.7 Å². The van der Waals surface area contributed by atoms with E-state index in [9.17, 15) is 14.0 Å². The summed E-state index contributed by atoms with van der Waals surface area (Å²) in [4.78, 5) is 26.5. The van der Waals surface area contributed by atoms with Gasteiger partial charge in [0.2, 0.25) is 5.91 Å². The van der Waals surface area contributed by atoms with Crippen LogP contribution in [0.2, 0.25) is 0 Å². The van der Waals surface area contributed by atoms with Gasteiger partial charge in [-0.25, -0.2) is 9.18 Å². The number of ether oxygens (including phenoxy) is 1. The number of halogens is 2. The molecule has 2 aliphatic heterocycles. The van der Waals surface area contributed by atoms with Crippen molar-refractivity contribution in [2.75, 3.05) is 36.0 Å². The fourth-order valence-electron chi connectivity index (χ4n) is 3.71. The standard InChI is InChI=1S/C19H21BrFN5O3/c1-12(27)22-8-16-11-25(19(28)29-16)14-2-3-18(17(21)6-14)24-5-4-15(10-24)26-9-13(20)7-23-26/h2-3,6-7,9,15-16H,4-5,8,10-11H2,1H3,(H,22,27). The van der Waals surface area contributed by atoms with Crippen LogP contribution in [0.15, 0.2) is 35.1 Å². The van der Waals surface area contributed by atoms with Gasteiger partial charge >= 0.3 is 6.09 Å². The van der Waals surface area contributed by atoms with E-state index in [4.69, 9.17) is 4.74 Å². The third-order valence-electron chi connectivity index (χ3n) is 5.14. The fraction of sp³-hybridized carbons (Fsp3) is 0.421. The summed E-state index contributed by atoms with van der Waals surface area (Å²) in [5.41, 5.74) is 0.943. The summed E-state index contributed by atoms with van der Waals surface area (Å²) < 4.78 is 22.9. The molecule has 0 aliphatic carbocycles. The highest BCUT2D eigenvalue weighted by atomic mass is 79.9. The van der Waals surface area contributed by atoms with Crippen LogP contribution in [0.25, 0.3) is 0 Å². The van der Waals surface area contributed by atoms with Crippen molar-refractivity contribution in [3.05, 3.63) is 40.9 Å². The van der Waals surface area contributed by atoms with Crippen LogP contribution in [0.3, 0.4) is 0 Å². The fourth-order valence-corrected chi connectivity index (χ4v) is 4.01. The van der Waals surface area contributed by atoms with Crippen LogP contribution in [0.1, 0.15) is 19.4 Å². The van der Waals surface area contributed by atoms with Crippen molar-refractivity contribution >= 4 is 39.3 Å². The van der Waals surface area contributed by atoms with Gasteiger partial charge in [-0.1, -0.05) is 0 Å². The van der Waals surface area contributed by atoms with Crippen LogP contribution in [0.5, 0.6) is 0 Å². The number of hydrogen-bond acceptors (Lipinski definition) is 5. The SMILES string of the molecule is CC(=O)NCC1CN(c2ccc(N3CCC(n4cc(Br)cn4)C3)c(F)c2)C(=O)O1. The summed E-state index contributed by atoms with van der Waals surface area (Å²) in [5.74, 6) is -0.579. The first-order valence-electron chi connectivity index (χ1n) is 9.37. The van der Waals surface area contributed by atoms with Crippen LogP contribution in [0.4, 0.5) is 20.6 Å². The molecule has 1 N–H and O–H groups in total. The Morgan fingerprint density at radius 1 is 1.41 bits per heavy atom. The van der Waals surface area contributed by atoms with Crippen LogP contribution >= 0.6 is 15.9 Å². The Hall–Kier alpha value is -2.62. The van der Waals surface area contributed by atoms with Crippen LogP contribution in [-0.2, 0) is 9.53 Å². The average Bonchev–Trinajstić information content (AvgIpc) is 3.39. The van der Waals surface area contributed by atoms with Crippen LogP contribution < -0.4 is 15.1 Å². The molecule has 29 heavy (non-hydrogen) atoms. The lowest BCUT2D eigenvalue weighted by molar-refractivity contribution is -0.119. The number of benzene rings is 1. The number of aromatic nitrogens is 2. The zero-order valence-electron chi connectivity index (χ0n) is 15.8. The van der Waals surface area contributed by atoms with E-state index in [1.807, 2.05) is 15.8 Å². The Balaban J connectivity index is 1.43. The van der Waals surface area contributed by atoms with E-state index >= 15 is 0 Å². The number of carbonyl (C=O) groups is 2. The van der Waals surface area contributed by atoms with Crippen molar-refractivity contribution in [1.29, 1.82) is 0 Å². The summed E-state index contributed by atoms with van der Waals surface area (Å²) in [6.45, 7) is 3.28. The maximum absolute atomic E-state index is 14.9. The molecule has 1 aromatic heterocycles. The van der Waals surface area contributed by atoms with Crippen molar-refractivity contribution in [2.24, 2.45) is 0 Å². The first-order valence-corrected chi connectivity index (χ1v) is 10.2. The van der Waals surface area contributed by atoms with Gasteiger partial charge in [-0.3, -0.25) is 14.4 Å². The number of nitrogens with zero attached hydrogens (tertiary/aromatic N) is 4. The quantitative estimate of drug-likeness (QED) is 0.734. The molecule has 0 radical (unpaired) electrons. The molecule has 154 valence electrons. The number of rotatable bonds is 5. The smallest absolute Gasteiger partial charge is 0.414 e. The topological polar surface area (TPSA) is 79.7 Å². The van der Waals surface area contributed by atoms with E-state index in [-0.39, 0.29) is 30.9 Å². The minimum Gasteiger partial charge on any atom is -0.442 e. The van der Waals surface area contributed by atoms with Crippen molar-refractivity contribution in [3.63, 3.8) is 0 Å². The molecule has 10 heteroatoms. The molecule has 2 amide bonds. The lowest BCUT2D eigenvalue weighted by atomic mass is 10.2. The van der Waals surface area contributed by atoms with Crippen molar-refractivity contribution in [2.45, 2.75) is 25.5 Å². The number of carbonyl (C=O) groups excluding carboxylic acids is 2. The van der Waals surface area contributed by atoms with E-state index in [1.54, 1.807) is 18.3 Å². The lowest BCUT2D eigenvalue weighted by Crippen LogP contribution is -2.33. The first-order chi connectivity index (χ1) is 13.9. The van der Waals surface area contributed by atoms with Gasteiger partial charge < -0.3 is 15.0 Å². The Kier molecular flexibility index (Phi) is 5.44. The summed E-state index contributed by atoms with van der Waals surface area (Å²) in [6.07, 6.45) is 3.54. The Morgan fingerprint density at radius 2 is 2.24 bits per heavy atom. The molecule has 8 nitrogen and oxygen atoms in total. The molecule has 0 bridgehead atoms. The highest BCUT2D eigenvalue weighted by Crippen LogP contribution is 2.32. The predicted molar refractivity (Wildman–Crippen MR) is 108 cm³/mol. The van der Waals surface area contributed by atoms with Crippen LogP contribution in [-0.4, -0.2) is 54.1 Å². The Bertz CT molecular complexity index is 936. The second-order valence-corrected chi connectivity index (χ2v) is 8.13. The number of nitrogens with one attached hydrogen (secondary N) is 1. The largest absolute Gasteiger partial charge is 0.442 e. The zero-order valence-corrected chi connectivity index (χ0v) is 17.4. The maximum atomic E-state index is 14.9. The average molecular weight is 466 g/mol. The highest BCUT2D eigenvalue weighted by molar-refractivity contribution is 9.10. The van der Waals surface area contributed by atoms with Gasteiger partial charge in [0.25, 0.3) is 0 Å². The molecule has 1 aromatic carbocycles. The molecule has 3 heterocycles. The second kappa shape index (κ2) is 8.02. The predicted octanol–water partition coefficient (Wildman–Crippen LogP) is 2.70. The van der Waals surface area contributed by atoms with Gasteiger partial charge in [0.05, 0.1) is 41.2 Å². The van der Waals surface area contributed by atoms with Gasteiger partial charge in [-0.15, -0.1) is 0 Å². The molecule has 0 spiro atoms.